The van der Waals surface area contributed by atoms with Gasteiger partial charge in [-0.25, -0.2) is 13.1 Å². The zero-order valence-electron chi connectivity index (χ0n) is 9.14. The maximum atomic E-state index is 11.8. The van der Waals surface area contributed by atoms with Gasteiger partial charge in [0, 0.05) is 17.6 Å². The molecular formula is C10H16N2O2S2. The summed E-state index contributed by atoms with van der Waals surface area (Å²) in [5.74, 6) is 1.13. The van der Waals surface area contributed by atoms with Crippen molar-refractivity contribution in [2.45, 2.75) is 24.0 Å². The topological polar surface area (TPSA) is 72.2 Å². The minimum Gasteiger partial charge on any atom is -0.398 e. The maximum Gasteiger partial charge on any atom is 0.250 e. The lowest BCUT2D eigenvalue weighted by Crippen LogP contribution is -2.28. The second-order valence-electron chi connectivity index (χ2n) is 4.37. The van der Waals surface area contributed by atoms with Gasteiger partial charge >= 0.3 is 0 Å². The van der Waals surface area contributed by atoms with Gasteiger partial charge in [0.05, 0.1) is 0 Å². The molecule has 0 bridgehead atoms. The third kappa shape index (κ3) is 2.75. The first-order valence-corrected chi connectivity index (χ1v) is 7.69. The minimum atomic E-state index is -3.35. The summed E-state index contributed by atoms with van der Waals surface area (Å²) in [5, 5.41) is 1.64. The predicted octanol–water partition coefficient (Wildman–Crippen LogP) is 1.65. The van der Waals surface area contributed by atoms with Crippen LogP contribution in [0.5, 0.6) is 0 Å². The molecule has 1 atom stereocenters. The van der Waals surface area contributed by atoms with Crippen LogP contribution in [0.4, 0.5) is 5.69 Å². The molecule has 16 heavy (non-hydrogen) atoms. The fraction of sp³-hybridized carbons (Fsp3) is 0.600. The number of sulfonamides is 1. The standard InChI is InChI=1S/C10H16N2O2S2/c1-7(8-2-3-8)5-12-16(13,14)10-4-9(11)6-15-10/h4,6-8,12H,2-3,5,11H2,1H3. The molecule has 1 saturated carbocycles. The average Bonchev–Trinajstić information content (AvgIpc) is 2.98. The molecule has 0 radical (unpaired) electrons. The van der Waals surface area contributed by atoms with Crippen LogP contribution in [0.3, 0.4) is 0 Å². The van der Waals surface area contributed by atoms with Crippen LogP contribution < -0.4 is 10.5 Å². The van der Waals surface area contributed by atoms with Crippen molar-refractivity contribution in [3.05, 3.63) is 11.4 Å². The smallest absolute Gasteiger partial charge is 0.250 e. The Labute approximate surface area is 99.9 Å². The lowest BCUT2D eigenvalue weighted by Gasteiger charge is -2.10. The molecule has 1 heterocycles. The number of nitrogen functional groups attached to an aromatic ring is 1. The maximum absolute atomic E-state index is 11.8. The number of rotatable bonds is 5. The van der Waals surface area contributed by atoms with E-state index in [1.807, 2.05) is 0 Å². The molecule has 2 rings (SSSR count). The Kier molecular flexibility index (Phi) is 3.23. The van der Waals surface area contributed by atoms with E-state index in [4.69, 9.17) is 5.73 Å². The van der Waals surface area contributed by atoms with Gasteiger partial charge in [0.15, 0.2) is 0 Å². The van der Waals surface area contributed by atoms with Crippen LogP contribution in [0, 0.1) is 11.8 Å². The van der Waals surface area contributed by atoms with E-state index in [2.05, 4.69) is 11.6 Å². The van der Waals surface area contributed by atoms with Crippen molar-refractivity contribution < 1.29 is 8.42 Å². The number of nitrogens with two attached hydrogens (primary N) is 1. The largest absolute Gasteiger partial charge is 0.398 e. The number of thiophene rings is 1. The van der Waals surface area contributed by atoms with E-state index in [0.717, 1.165) is 11.3 Å². The summed E-state index contributed by atoms with van der Waals surface area (Å²) in [4.78, 5) is 0. The number of hydrogen-bond donors (Lipinski definition) is 2. The van der Waals surface area contributed by atoms with Gasteiger partial charge < -0.3 is 5.73 Å². The van der Waals surface area contributed by atoms with E-state index in [9.17, 15) is 8.42 Å². The highest BCUT2D eigenvalue weighted by molar-refractivity contribution is 7.91. The van der Waals surface area contributed by atoms with Crippen LogP contribution in [0.1, 0.15) is 19.8 Å². The highest BCUT2D eigenvalue weighted by atomic mass is 32.2. The SMILES string of the molecule is CC(CNS(=O)(=O)c1cc(N)cs1)C1CC1. The molecule has 1 aromatic rings. The van der Waals surface area contributed by atoms with E-state index < -0.39 is 10.0 Å². The highest BCUT2D eigenvalue weighted by Gasteiger charge is 2.29. The molecule has 0 spiro atoms. The zero-order valence-corrected chi connectivity index (χ0v) is 10.8. The molecule has 1 aliphatic rings. The number of hydrogen-bond acceptors (Lipinski definition) is 4. The number of nitrogens with one attached hydrogen (secondary N) is 1. The average molecular weight is 260 g/mol. The Bertz CT molecular complexity index is 463. The lowest BCUT2D eigenvalue weighted by atomic mass is 10.1. The lowest BCUT2D eigenvalue weighted by molar-refractivity contribution is 0.492. The Balaban J connectivity index is 1.97. The summed E-state index contributed by atoms with van der Waals surface area (Å²) in [6, 6.07) is 1.49. The van der Waals surface area contributed by atoms with Crippen LogP contribution >= 0.6 is 11.3 Å². The normalized spacial score (nSPS) is 18.6. The van der Waals surface area contributed by atoms with Gasteiger partial charge in [0.2, 0.25) is 10.0 Å². The monoisotopic (exact) mass is 260 g/mol. The molecule has 0 aliphatic heterocycles. The molecule has 3 N–H and O–H groups in total. The quantitative estimate of drug-likeness (QED) is 0.845. The van der Waals surface area contributed by atoms with Gasteiger partial charge in [-0.1, -0.05) is 6.92 Å². The summed E-state index contributed by atoms with van der Waals surface area (Å²) < 4.78 is 26.6. The van der Waals surface area contributed by atoms with Crippen LogP contribution in [0.15, 0.2) is 15.7 Å². The second-order valence-corrected chi connectivity index (χ2v) is 7.27. The van der Waals surface area contributed by atoms with Gasteiger partial charge in [-0.15, -0.1) is 11.3 Å². The van der Waals surface area contributed by atoms with Gasteiger partial charge in [-0.05, 0) is 30.7 Å². The molecule has 0 saturated heterocycles. The van der Waals surface area contributed by atoms with Crippen LogP contribution in [-0.2, 0) is 10.0 Å². The van der Waals surface area contributed by atoms with Crippen LogP contribution in [-0.4, -0.2) is 15.0 Å². The van der Waals surface area contributed by atoms with E-state index >= 15 is 0 Å². The van der Waals surface area contributed by atoms with Crippen molar-refractivity contribution in [3.8, 4) is 0 Å². The molecule has 1 aromatic heterocycles. The summed E-state index contributed by atoms with van der Waals surface area (Å²) in [6.07, 6.45) is 2.46. The van der Waals surface area contributed by atoms with Gasteiger partial charge in [-0.2, -0.15) is 0 Å². The minimum absolute atomic E-state index is 0.299. The van der Waals surface area contributed by atoms with Crippen molar-refractivity contribution in [1.82, 2.24) is 4.72 Å². The molecule has 0 amide bonds. The molecule has 0 aromatic carbocycles. The zero-order chi connectivity index (χ0) is 11.8. The van der Waals surface area contributed by atoms with E-state index in [-0.39, 0.29) is 0 Å². The highest BCUT2D eigenvalue weighted by Crippen LogP contribution is 2.36. The first-order chi connectivity index (χ1) is 7.49. The molecule has 6 heteroatoms. The van der Waals surface area contributed by atoms with E-state index in [1.165, 1.54) is 18.9 Å². The van der Waals surface area contributed by atoms with Crippen molar-refractivity contribution in [1.29, 1.82) is 0 Å². The first kappa shape index (κ1) is 11.9. The summed E-state index contributed by atoms with van der Waals surface area (Å²) in [5.41, 5.74) is 6.01. The summed E-state index contributed by atoms with van der Waals surface area (Å²) in [6.45, 7) is 2.60. The second kappa shape index (κ2) is 4.35. The first-order valence-electron chi connectivity index (χ1n) is 5.33. The molecule has 90 valence electrons. The molecule has 4 nitrogen and oxygen atoms in total. The Morgan fingerprint density at radius 1 is 1.62 bits per heavy atom. The van der Waals surface area contributed by atoms with Crippen molar-refractivity contribution in [2.75, 3.05) is 12.3 Å². The van der Waals surface area contributed by atoms with Crippen molar-refractivity contribution in [2.24, 2.45) is 11.8 Å². The van der Waals surface area contributed by atoms with E-state index in [0.29, 0.717) is 28.3 Å². The molecule has 1 aliphatic carbocycles. The molecule has 1 fully saturated rings. The Morgan fingerprint density at radius 3 is 2.81 bits per heavy atom. The Hall–Kier alpha value is -0.590. The molecular weight excluding hydrogens is 244 g/mol. The van der Waals surface area contributed by atoms with Gasteiger partial charge in [-0.3, -0.25) is 0 Å². The van der Waals surface area contributed by atoms with Gasteiger partial charge in [0.25, 0.3) is 0 Å². The third-order valence-electron chi connectivity index (χ3n) is 2.88. The summed E-state index contributed by atoms with van der Waals surface area (Å²) >= 11 is 1.16. The van der Waals surface area contributed by atoms with Crippen LogP contribution in [0.2, 0.25) is 0 Å². The van der Waals surface area contributed by atoms with Crippen molar-refractivity contribution in [3.63, 3.8) is 0 Å². The summed E-state index contributed by atoms with van der Waals surface area (Å²) in [7, 11) is -3.35. The third-order valence-corrected chi connectivity index (χ3v) is 5.76. The van der Waals surface area contributed by atoms with Gasteiger partial charge in [0.1, 0.15) is 4.21 Å². The predicted molar refractivity (Wildman–Crippen MR) is 65.8 cm³/mol. The fourth-order valence-corrected chi connectivity index (χ4v) is 3.88. The van der Waals surface area contributed by atoms with Crippen LogP contribution in [0.25, 0.3) is 0 Å². The van der Waals surface area contributed by atoms with Crippen molar-refractivity contribution >= 4 is 27.0 Å². The Morgan fingerprint density at radius 2 is 2.31 bits per heavy atom. The number of anilines is 1. The fourth-order valence-electron chi connectivity index (χ4n) is 1.62. The van der Waals surface area contributed by atoms with E-state index in [1.54, 1.807) is 5.38 Å². The molecule has 1 unspecified atom stereocenters.